The molecule has 1 saturated heterocycles. The summed E-state index contributed by atoms with van der Waals surface area (Å²) in [6.07, 6.45) is 6.02. The van der Waals surface area contributed by atoms with Crippen molar-refractivity contribution in [2.45, 2.75) is 56.6 Å². The second-order valence-electron chi connectivity index (χ2n) is 10.1. The Kier molecular flexibility index (Phi) is 5.80. The highest BCUT2D eigenvalue weighted by Crippen LogP contribution is 2.49. The van der Waals surface area contributed by atoms with E-state index in [0.29, 0.717) is 22.0 Å². The highest BCUT2D eigenvalue weighted by molar-refractivity contribution is 6.35. The summed E-state index contributed by atoms with van der Waals surface area (Å²) in [5, 5.41) is 19.8. The van der Waals surface area contributed by atoms with Gasteiger partial charge in [0.2, 0.25) is 0 Å². The first-order valence-electron chi connectivity index (χ1n) is 12.6. The van der Waals surface area contributed by atoms with Gasteiger partial charge in [0.15, 0.2) is 5.76 Å². The zero-order chi connectivity index (χ0) is 24.9. The summed E-state index contributed by atoms with van der Waals surface area (Å²) in [6.45, 7) is 1.63. The van der Waals surface area contributed by atoms with Crippen molar-refractivity contribution in [1.29, 1.82) is 0 Å². The molecule has 8 nitrogen and oxygen atoms in total. The number of urea groups is 1. The average molecular weight is 509 g/mol. The Morgan fingerprint density at radius 1 is 1.11 bits per heavy atom. The number of rotatable bonds is 3. The Balaban J connectivity index is 1.28. The van der Waals surface area contributed by atoms with Crippen LogP contribution in [-0.2, 0) is 5.54 Å². The quantitative estimate of drug-likeness (QED) is 0.369. The van der Waals surface area contributed by atoms with Crippen molar-refractivity contribution < 1.29 is 19.1 Å². The van der Waals surface area contributed by atoms with Gasteiger partial charge >= 0.3 is 6.03 Å². The number of fused-ring (bicyclic) bond motifs is 4. The molecule has 1 spiro atoms. The van der Waals surface area contributed by atoms with Crippen LogP contribution in [0.25, 0.3) is 11.0 Å². The Morgan fingerprint density at radius 2 is 1.83 bits per heavy atom. The van der Waals surface area contributed by atoms with E-state index in [-0.39, 0.29) is 23.8 Å². The van der Waals surface area contributed by atoms with Gasteiger partial charge in [0.25, 0.3) is 5.91 Å². The van der Waals surface area contributed by atoms with Crippen molar-refractivity contribution in [3.8, 4) is 0 Å². The fourth-order valence-corrected chi connectivity index (χ4v) is 6.13. The number of carbonyl (C=O) groups excluding carboxylic acids is 2. The third-order valence-corrected chi connectivity index (χ3v) is 8.01. The molecule has 1 aliphatic carbocycles. The molecule has 1 aromatic heterocycles. The van der Waals surface area contributed by atoms with Crippen molar-refractivity contribution in [3.63, 3.8) is 0 Å². The van der Waals surface area contributed by atoms with Crippen molar-refractivity contribution in [3.05, 3.63) is 52.7 Å². The van der Waals surface area contributed by atoms with E-state index in [1.807, 2.05) is 24.3 Å². The lowest BCUT2D eigenvalue weighted by Gasteiger charge is -2.42. The zero-order valence-corrected chi connectivity index (χ0v) is 20.7. The maximum Gasteiger partial charge on any atom is 0.319 e. The van der Waals surface area contributed by atoms with Crippen molar-refractivity contribution >= 4 is 51.6 Å². The predicted octanol–water partition coefficient (Wildman–Crippen LogP) is 5.59. The Morgan fingerprint density at radius 3 is 2.56 bits per heavy atom. The van der Waals surface area contributed by atoms with Crippen LogP contribution in [0.1, 0.15) is 61.1 Å². The van der Waals surface area contributed by atoms with E-state index < -0.39 is 5.54 Å². The van der Waals surface area contributed by atoms with E-state index >= 15 is 0 Å². The van der Waals surface area contributed by atoms with Crippen LogP contribution in [0.15, 0.2) is 40.8 Å². The molecule has 9 heteroatoms. The topological polar surface area (TPSA) is 107 Å². The molecule has 0 bridgehead atoms. The van der Waals surface area contributed by atoms with Crippen molar-refractivity contribution in [2.75, 3.05) is 28.6 Å². The third kappa shape index (κ3) is 4.08. The van der Waals surface area contributed by atoms with Crippen LogP contribution in [0.3, 0.4) is 0 Å². The number of aliphatic hydroxyl groups excluding tert-OH is 1. The normalized spacial score (nSPS) is 19.6. The highest BCUT2D eigenvalue weighted by atomic mass is 35.5. The summed E-state index contributed by atoms with van der Waals surface area (Å²) in [5.41, 5.74) is 3.16. The predicted molar refractivity (Wildman–Crippen MR) is 140 cm³/mol. The molecule has 3 heterocycles. The van der Waals surface area contributed by atoms with Crippen LogP contribution < -0.4 is 20.9 Å². The number of nitrogens with zero attached hydrogens (tertiary/aromatic N) is 1. The van der Waals surface area contributed by atoms with E-state index in [9.17, 15) is 14.7 Å². The first-order chi connectivity index (χ1) is 17.4. The average Bonchev–Trinajstić information content (AvgIpc) is 3.29. The van der Waals surface area contributed by atoms with Crippen LogP contribution in [-0.4, -0.2) is 36.2 Å². The fourth-order valence-electron chi connectivity index (χ4n) is 5.87. The molecular formula is C27H29ClN4O4. The van der Waals surface area contributed by atoms with E-state index in [1.54, 1.807) is 12.1 Å². The molecule has 0 unspecified atom stereocenters. The van der Waals surface area contributed by atoms with Crippen molar-refractivity contribution in [2.24, 2.45) is 0 Å². The maximum absolute atomic E-state index is 13.1. The van der Waals surface area contributed by atoms with Gasteiger partial charge in [-0.3, -0.25) is 4.79 Å². The minimum Gasteiger partial charge on any atom is -0.450 e. The largest absolute Gasteiger partial charge is 0.450 e. The highest BCUT2D eigenvalue weighted by Gasteiger charge is 2.43. The number of benzene rings is 2. The van der Waals surface area contributed by atoms with Crippen LogP contribution in [0.4, 0.5) is 21.9 Å². The van der Waals surface area contributed by atoms with Gasteiger partial charge in [-0.05, 0) is 62.1 Å². The Hall–Kier alpha value is -3.23. The molecule has 4 N–H and O–H groups in total. The maximum atomic E-state index is 13.1. The van der Waals surface area contributed by atoms with Gasteiger partial charge in [0, 0.05) is 35.4 Å². The lowest BCUT2D eigenvalue weighted by molar-refractivity contribution is 0.0998. The lowest BCUT2D eigenvalue weighted by Crippen LogP contribution is -2.52. The van der Waals surface area contributed by atoms with E-state index in [2.05, 4.69) is 20.9 Å². The number of furan rings is 1. The zero-order valence-electron chi connectivity index (χ0n) is 19.9. The third-order valence-electron chi connectivity index (χ3n) is 7.71. The Labute approximate surface area is 214 Å². The minimum atomic E-state index is -0.551. The first kappa shape index (κ1) is 23.2. The van der Waals surface area contributed by atoms with E-state index in [0.717, 1.165) is 74.7 Å². The summed E-state index contributed by atoms with van der Waals surface area (Å²) in [6, 6.07) is 10.9. The summed E-state index contributed by atoms with van der Waals surface area (Å²) in [4.78, 5) is 27.8. The van der Waals surface area contributed by atoms with E-state index in [1.165, 1.54) is 0 Å². The fraction of sp³-hybridized carbons (Fsp3) is 0.407. The number of anilines is 3. The molecule has 2 fully saturated rings. The van der Waals surface area contributed by atoms with Crippen LogP contribution in [0, 0.1) is 0 Å². The molecule has 36 heavy (non-hydrogen) atoms. The number of halogens is 1. The number of hydrogen-bond donors (Lipinski definition) is 4. The molecule has 3 aliphatic rings. The van der Waals surface area contributed by atoms with Gasteiger partial charge in [-0.1, -0.05) is 30.9 Å². The number of hydrogen-bond acceptors (Lipinski definition) is 5. The van der Waals surface area contributed by atoms with Crippen LogP contribution in [0.5, 0.6) is 0 Å². The van der Waals surface area contributed by atoms with Crippen LogP contribution >= 0.6 is 11.6 Å². The minimum absolute atomic E-state index is 0.187. The molecule has 1 saturated carbocycles. The molecule has 0 atom stereocenters. The molecule has 0 radical (unpaired) electrons. The number of amides is 3. The van der Waals surface area contributed by atoms with Gasteiger partial charge in [-0.25, -0.2) is 4.79 Å². The van der Waals surface area contributed by atoms with E-state index in [4.69, 9.17) is 16.0 Å². The standard InChI is InChI=1S/C27H29ClN4O4/c28-20-14-16-15-21(25(34)29-17-4-6-18(7-5-17)32-12-8-19(33)9-13-32)36-24(16)22-23(20)30-26(35)31-27(22)10-2-1-3-11-27/h4-7,14-15,19,33H,1-3,8-13H2,(H,29,34)(H2,30,31,35). The number of carbonyl (C=O) groups is 2. The molecule has 2 aliphatic heterocycles. The SMILES string of the molecule is O=C1Nc2c(Cl)cc3cc(C(=O)Nc4ccc(N5CCC(O)CC5)cc4)oc3c2C2(CCCCC2)N1. The number of aliphatic hydroxyl groups is 1. The summed E-state index contributed by atoms with van der Waals surface area (Å²) in [7, 11) is 0. The van der Waals surface area contributed by atoms with Gasteiger partial charge in [0.05, 0.1) is 22.4 Å². The first-order valence-corrected chi connectivity index (χ1v) is 13.0. The second-order valence-corrected chi connectivity index (χ2v) is 10.5. The van der Waals surface area contributed by atoms with Gasteiger partial charge < -0.3 is 30.4 Å². The number of nitrogens with one attached hydrogen (secondary N) is 3. The monoisotopic (exact) mass is 508 g/mol. The molecule has 188 valence electrons. The second kappa shape index (κ2) is 9.01. The molecule has 3 aromatic rings. The lowest BCUT2D eigenvalue weighted by atomic mass is 9.74. The summed E-state index contributed by atoms with van der Waals surface area (Å²) < 4.78 is 6.15. The molecule has 2 aromatic carbocycles. The van der Waals surface area contributed by atoms with Crippen LogP contribution in [0.2, 0.25) is 5.02 Å². The molecular weight excluding hydrogens is 480 g/mol. The Bertz CT molecular complexity index is 1320. The van der Waals surface area contributed by atoms with Crippen molar-refractivity contribution in [1.82, 2.24) is 5.32 Å². The molecule has 3 amide bonds. The van der Waals surface area contributed by atoms with Gasteiger partial charge in [-0.2, -0.15) is 0 Å². The van der Waals surface area contributed by atoms with Gasteiger partial charge in [-0.15, -0.1) is 0 Å². The smallest absolute Gasteiger partial charge is 0.319 e. The van der Waals surface area contributed by atoms with Gasteiger partial charge in [0.1, 0.15) is 5.58 Å². The summed E-state index contributed by atoms with van der Waals surface area (Å²) >= 11 is 6.59. The summed E-state index contributed by atoms with van der Waals surface area (Å²) in [5.74, 6) is -0.165. The molecule has 6 rings (SSSR count). The number of piperidine rings is 1.